The van der Waals surface area contributed by atoms with E-state index in [0.717, 1.165) is 4.31 Å². The van der Waals surface area contributed by atoms with Gasteiger partial charge in [0.05, 0.1) is 29.8 Å². The third-order valence-corrected chi connectivity index (χ3v) is 5.90. The van der Waals surface area contributed by atoms with Crippen molar-refractivity contribution in [2.45, 2.75) is 4.90 Å². The Kier molecular flexibility index (Phi) is 6.88. The maximum atomic E-state index is 12.2. The van der Waals surface area contributed by atoms with Crippen LogP contribution in [0.1, 0.15) is 0 Å². The lowest BCUT2D eigenvalue weighted by molar-refractivity contribution is 0.396. The molecule has 0 bridgehead atoms. The second-order valence-corrected chi connectivity index (χ2v) is 8.55. The van der Waals surface area contributed by atoms with Crippen LogP contribution >= 0.6 is 23.8 Å². The van der Waals surface area contributed by atoms with E-state index in [1.54, 1.807) is 24.3 Å². The summed E-state index contributed by atoms with van der Waals surface area (Å²) in [4.78, 5) is 0.158. The highest BCUT2D eigenvalue weighted by Crippen LogP contribution is 2.36. The fourth-order valence-corrected chi connectivity index (χ4v) is 3.60. The second-order valence-electron chi connectivity index (χ2n) is 5.58. The van der Waals surface area contributed by atoms with E-state index in [1.165, 1.54) is 40.4 Å². The highest BCUT2D eigenvalue weighted by molar-refractivity contribution is 7.89. The number of benzene rings is 2. The summed E-state index contributed by atoms with van der Waals surface area (Å²) in [5.74, 6) is 0.962. The molecule has 0 unspecified atom stereocenters. The van der Waals surface area contributed by atoms with E-state index in [4.69, 9.17) is 33.3 Å². The van der Waals surface area contributed by atoms with Crippen molar-refractivity contribution in [3.05, 3.63) is 41.4 Å². The van der Waals surface area contributed by atoms with Gasteiger partial charge >= 0.3 is 0 Å². The van der Waals surface area contributed by atoms with E-state index < -0.39 is 10.0 Å². The first-order chi connectivity index (χ1) is 12.7. The lowest BCUT2D eigenvalue weighted by atomic mass is 10.2. The molecule has 0 aliphatic heterocycles. The number of hydrogen-bond acceptors (Lipinski definition) is 5. The fraction of sp³-hybridized carbons (Fsp3) is 0.235. The molecule has 2 N–H and O–H groups in total. The van der Waals surface area contributed by atoms with Gasteiger partial charge in [-0.1, -0.05) is 17.7 Å². The van der Waals surface area contributed by atoms with Crippen molar-refractivity contribution in [1.29, 1.82) is 0 Å². The molecular formula is C17H20ClN3O4S2. The maximum absolute atomic E-state index is 12.2. The number of nitrogens with one attached hydrogen (secondary N) is 2. The molecule has 0 aliphatic carbocycles. The summed E-state index contributed by atoms with van der Waals surface area (Å²) in [6, 6.07) is 9.62. The Bertz CT molecular complexity index is 949. The predicted molar refractivity (Wildman–Crippen MR) is 112 cm³/mol. The molecule has 0 aliphatic rings. The molecule has 0 saturated heterocycles. The molecule has 0 spiro atoms. The number of methoxy groups -OCH3 is 2. The zero-order chi connectivity index (χ0) is 20.2. The standard InChI is InChI=1S/C17H20ClN3O4S2/c1-21(2)27(22,23)12-7-5-6-11(8-12)19-17(26)20-14-9-13(18)15(24-3)10-16(14)25-4/h5-10H,1-4H3,(H2,19,20,26). The summed E-state index contributed by atoms with van der Waals surface area (Å²) >= 11 is 11.5. The van der Waals surface area contributed by atoms with Gasteiger partial charge in [-0.25, -0.2) is 12.7 Å². The lowest BCUT2D eigenvalue weighted by Gasteiger charge is -2.16. The van der Waals surface area contributed by atoms with Gasteiger partial charge in [0.2, 0.25) is 10.0 Å². The van der Waals surface area contributed by atoms with Crippen LogP contribution in [-0.4, -0.2) is 46.2 Å². The molecule has 27 heavy (non-hydrogen) atoms. The van der Waals surface area contributed by atoms with Gasteiger partial charge in [0.15, 0.2) is 5.11 Å². The van der Waals surface area contributed by atoms with Crippen molar-refractivity contribution < 1.29 is 17.9 Å². The third-order valence-electron chi connectivity index (χ3n) is 3.59. The number of rotatable bonds is 6. The van der Waals surface area contributed by atoms with Crippen molar-refractivity contribution in [3.63, 3.8) is 0 Å². The summed E-state index contributed by atoms with van der Waals surface area (Å²) in [5, 5.41) is 6.56. The minimum Gasteiger partial charge on any atom is -0.495 e. The van der Waals surface area contributed by atoms with E-state index in [1.807, 2.05) is 0 Å². The molecule has 0 amide bonds. The number of hydrogen-bond donors (Lipinski definition) is 2. The summed E-state index contributed by atoms with van der Waals surface area (Å²) in [6.07, 6.45) is 0. The van der Waals surface area contributed by atoms with Crippen molar-refractivity contribution in [2.75, 3.05) is 38.9 Å². The van der Waals surface area contributed by atoms with Gasteiger partial charge in [-0.05, 0) is 36.5 Å². The Morgan fingerprint density at radius 2 is 1.74 bits per heavy atom. The summed E-state index contributed by atoms with van der Waals surface area (Å²) in [5.41, 5.74) is 1.06. The minimum absolute atomic E-state index is 0.158. The van der Waals surface area contributed by atoms with Gasteiger partial charge in [-0.2, -0.15) is 0 Å². The molecule has 0 heterocycles. The number of anilines is 2. The molecule has 2 aromatic carbocycles. The molecule has 7 nitrogen and oxygen atoms in total. The van der Waals surface area contributed by atoms with E-state index in [2.05, 4.69) is 10.6 Å². The monoisotopic (exact) mass is 429 g/mol. The number of ether oxygens (including phenoxy) is 2. The van der Waals surface area contributed by atoms with Crippen molar-refractivity contribution in [2.24, 2.45) is 0 Å². The van der Waals surface area contributed by atoms with Crippen LogP contribution in [0.3, 0.4) is 0 Å². The highest BCUT2D eigenvalue weighted by atomic mass is 35.5. The molecule has 0 aromatic heterocycles. The van der Waals surface area contributed by atoms with Crippen LogP contribution in [0.15, 0.2) is 41.3 Å². The normalized spacial score (nSPS) is 11.2. The van der Waals surface area contributed by atoms with E-state index in [9.17, 15) is 8.42 Å². The molecule has 0 saturated carbocycles. The van der Waals surface area contributed by atoms with Crippen LogP contribution in [0.25, 0.3) is 0 Å². The summed E-state index contributed by atoms with van der Waals surface area (Å²) < 4.78 is 36.1. The fourth-order valence-electron chi connectivity index (χ4n) is 2.19. The van der Waals surface area contributed by atoms with Crippen LogP contribution in [0.4, 0.5) is 11.4 Å². The molecule has 2 aromatic rings. The molecule has 0 fully saturated rings. The Morgan fingerprint density at radius 1 is 1.07 bits per heavy atom. The Morgan fingerprint density at radius 3 is 2.33 bits per heavy atom. The molecule has 10 heteroatoms. The second kappa shape index (κ2) is 8.75. The number of nitrogens with zero attached hydrogens (tertiary/aromatic N) is 1. The van der Waals surface area contributed by atoms with E-state index in [-0.39, 0.29) is 10.0 Å². The Balaban J connectivity index is 2.21. The molecule has 2 rings (SSSR count). The van der Waals surface area contributed by atoms with Gasteiger partial charge < -0.3 is 20.1 Å². The van der Waals surface area contributed by atoms with Gasteiger partial charge in [-0.15, -0.1) is 0 Å². The third kappa shape index (κ3) is 5.01. The first-order valence-electron chi connectivity index (χ1n) is 7.71. The number of thiocarbonyl (C=S) groups is 1. The number of halogens is 1. The quantitative estimate of drug-likeness (QED) is 0.681. The molecule has 0 radical (unpaired) electrons. The van der Waals surface area contributed by atoms with Gasteiger partial charge in [0.1, 0.15) is 11.5 Å². The van der Waals surface area contributed by atoms with Crippen LogP contribution in [0.2, 0.25) is 5.02 Å². The van der Waals surface area contributed by atoms with Crippen LogP contribution in [-0.2, 0) is 10.0 Å². The largest absolute Gasteiger partial charge is 0.495 e. The van der Waals surface area contributed by atoms with Crippen LogP contribution in [0, 0.1) is 0 Å². The van der Waals surface area contributed by atoms with Crippen molar-refractivity contribution in [3.8, 4) is 11.5 Å². The average molecular weight is 430 g/mol. The summed E-state index contributed by atoms with van der Waals surface area (Å²) in [6.45, 7) is 0. The van der Waals surface area contributed by atoms with Gasteiger partial charge in [0.25, 0.3) is 0 Å². The maximum Gasteiger partial charge on any atom is 0.242 e. The van der Waals surface area contributed by atoms with Crippen molar-refractivity contribution >= 4 is 50.3 Å². The average Bonchev–Trinajstić information content (AvgIpc) is 2.62. The SMILES string of the molecule is COc1cc(OC)c(NC(=S)Nc2cccc(S(=O)(=O)N(C)C)c2)cc1Cl. The first kappa shape index (κ1) is 21.2. The zero-order valence-corrected chi connectivity index (χ0v) is 17.6. The highest BCUT2D eigenvalue weighted by Gasteiger charge is 2.17. The minimum atomic E-state index is -3.54. The summed E-state index contributed by atoms with van der Waals surface area (Å²) in [7, 11) is 2.43. The molecule has 146 valence electrons. The predicted octanol–water partition coefficient (Wildman–Crippen LogP) is 3.42. The van der Waals surface area contributed by atoms with Crippen LogP contribution < -0.4 is 20.1 Å². The van der Waals surface area contributed by atoms with E-state index in [0.29, 0.717) is 27.9 Å². The lowest BCUT2D eigenvalue weighted by Crippen LogP contribution is -2.23. The smallest absolute Gasteiger partial charge is 0.242 e. The van der Waals surface area contributed by atoms with Gasteiger partial charge in [0, 0.05) is 25.8 Å². The van der Waals surface area contributed by atoms with Crippen LogP contribution in [0.5, 0.6) is 11.5 Å². The zero-order valence-electron chi connectivity index (χ0n) is 15.2. The Hall–Kier alpha value is -2.07. The van der Waals surface area contributed by atoms with E-state index >= 15 is 0 Å². The van der Waals surface area contributed by atoms with Crippen molar-refractivity contribution in [1.82, 2.24) is 4.31 Å². The molecular weight excluding hydrogens is 410 g/mol. The van der Waals surface area contributed by atoms with Gasteiger partial charge in [-0.3, -0.25) is 0 Å². The Labute approximate surface area is 169 Å². The number of sulfonamides is 1. The topological polar surface area (TPSA) is 79.9 Å². The molecule has 0 atom stereocenters. The first-order valence-corrected chi connectivity index (χ1v) is 9.93.